The largest absolute Gasteiger partial charge is 0.496 e. The number of carbonyl (C=O) groups excluding carboxylic acids is 1. The number of rotatable bonds is 5. The van der Waals surface area contributed by atoms with Crippen molar-refractivity contribution in [1.29, 1.82) is 5.26 Å². The van der Waals surface area contributed by atoms with E-state index in [0.717, 1.165) is 29.7 Å². The molecule has 1 unspecified atom stereocenters. The van der Waals surface area contributed by atoms with Crippen molar-refractivity contribution in [2.75, 3.05) is 7.11 Å². The molecule has 3 nitrogen and oxygen atoms in total. The molecule has 2 rings (SSSR count). The van der Waals surface area contributed by atoms with Gasteiger partial charge in [0.2, 0.25) is 0 Å². The summed E-state index contributed by atoms with van der Waals surface area (Å²) in [5.41, 5.74) is 1.84. The highest BCUT2D eigenvalue weighted by Crippen LogP contribution is 2.37. The van der Waals surface area contributed by atoms with Crippen LogP contribution in [0, 0.1) is 17.2 Å². The lowest BCUT2D eigenvalue weighted by Crippen LogP contribution is -2.13. The van der Waals surface area contributed by atoms with Crippen molar-refractivity contribution in [3.8, 4) is 11.8 Å². The van der Waals surface area contributed by atoms with Crippen molar-refractivity contribution < 1.29 is 9.53 Å². The van der Waals surface area contributed by atoms with Gasteiger partial charge >= 0.3 is 0 Å². The molecule has 0 saturated heterocycles. The van der Waals surface area contributed by atoms with Gasteiger partial charge in [-0.3, -0.25) is 4.79 Å². The zero-order valence-corrected chi connectivity index (χ0v) is 11.6. The lowest BCUT2D eigenvalue weighted by atomic mass is 9.90. The maximum absolute atomic E-state index is 12.1. The van der Waals surface area contributed by atoms with E-state index in [2.05, 4.69) is 19.9 Å². The Balaban J connectivity index is 2.35. The second-order valence-electron chi connectivity index (χ2n) is 5.39. The SMILES string of the molecule is COc1ccc(C(C#N)C(=O)C2CC2)cc1C(C)C. The lowest BCUT2D eigenvalue weighted by Gasteiger charge is -2.15. The summed E-state index contributed by atoms with van der Waals surface area (Å²) in [6, 6.07) is 7.78. The molecule has 0 aromatic heterocycles. The predicted octanol–water partition coefficient (Wildman–Crippen LogP) is 3.40. The molecule has 0 amide bonds. The normalized spacial score (nSPS) is 15.9. The number of nitrogens with zero attached hydrogens (tertiary/aromatic N) is 1. The third kappa shape index (κ3) is 2.78. The molecule has 1 aromatic rings. The zero-order valence-electron chi connectivity index (χ0n) is 11.6. The van der Waals surface area contributed by atoms with Crippen LogP contribution < -0.4 is 4.74 Å². The number of hydrogen-bond donors (Lipinski definition) is 0. The van der Waals surface area contributed by atoms with E-state index >= 15 is 0 Å². The molecule has 1 aliphatic rings. The highest BCUT2D eigenvalue weighted by molar-refractivity contribution is 5.92. The Kier molecular flexibility index (Phi) is 3.90. The monoisotopic (exact) mass is 257 g/mol. The highest BCUT2D eigenvalue weighted by atomic mass is 16.5. The van der Waals surface area contributed by atoms with Crippen LogP contribution in [-0.2, 0) is 4.79 Å². The first-order valence-electron chi connectivity index (χ1n) is 6.69. The van der Waals surface area contributed by atoms with Gasteiger partial charge in [-0.15, -0.1) is 0 Å². The molecule has 0 bridgehead atoms. The van der Waals surface area contributed by atoms with Crippen molar-refractivity contribution in [3.05, 3.63) is 29.3 Å². The number of ether oxygens (including phenoxy) is 1. The number of Topliss-reactive ketones (excluding diaryl/α,β-unsaturated/α-hetero) is 1. The predicted molar refractivity (Wildman–Crippen MR) is 73.2 cm³/mol. The summed E-state index contributed by atoms with van der Waals surface area (Å²) in [6.45, 7) is 4.15. The Morgan fingerprint density at radius 3 is 2.58 bits per heavy atom. The topological polar surface area (TPSA) is 50.1 Å². The number of carbonyl (C=O) groups is 1. The number of nitriles is 1. The summed E-state index contributed by atoms with van der Waals surface area (Å²) in [6.07, 6.45) is 1.87. The van der Waals surface area contributed by atoms with Gasteiger partial charge < -0.3 is 4.74 Å². The third-order valence-electron chi connectivity index (χ3n) is 3.60. The molecular formula is C16H19NO2. The Bertz CT molecular complexity index is 524. The smallest absolute Gasteiger partial charge is 0.157 e. The molecule has 0 heterocycles. The van der Waals surface area contributed by atoms with E-state index < -0.39 is 5.92 Å². The van der Waals surface area contributed by atoms with Crippen molar-refractivity contribution in [1.82, 2.24) is 0 Å². The van der Waals surface area contributed by atoms with Crippen LogP contribution in [0.3, 0.4) is 0 Å². The molecule has 0 N–H and O–H groups in total. The molecule has 1 aliphatic carbocycles. The van der Waals surface area contributed by atoms with Crippen molar-refractivity contribution >= 4 is 5.78 Å². The van der Waals surface area contributed by atoms with E-state index in [1.807, 2.05) is 18.2 Å². The summed E-state index contributed by atoms with van der Waals surface area (Å²) in [5.74, 6) is 0.659. The molecule has 19 heavy (non-hydrogen) atoms. The molecule has 3 heteroatoms. The fourth-order valence-corrected chi connectivity index (χ4v) is 2.29. The van der Waals surface area contributed by atoms with E-state index in [0.29, 0.717) is 5.92 Å². The minimum atomic E-state index is -0.629. The molecule has 0 aliphatic heterocycles. The van der Waals surface area contributed by atoms with Gasteiger partial charge in [-0.25, -0.2) is 0 Å². The van der Waals surface area contributed by atoms with Crippen LogP contribution in [0.1, 0.15) is 49.7 Å². The van der Waals surface area contributed by atoms with Gasteiger partial charge in [-0.2, -0.15) is 5.26 Å². The van der Waals surface area contributed by atoms with Crippen molar-refractivity contribution in [3.63, 3.8) is 0 Å². The summed E-state index contributed by atoms with van der Waals surface area (Å²) in [4.78, 5) is 12.1. The first-order chi connectivity index (χ1) is 9.08. The Labute approximate surface area is 114 Å². The first kappa shape index (κ1) is 13.6. The zero-order chi connectivity index (χ0) is 14.0. The van der Waals surface area contributed by atoms with E-state index in [-0.39, 0.29) is 11.7 Å². The molecule has 1 fully saturated rings. The van der Waals surface area contributed by atoms with Crippen molar-refractivity contribution in [2.45, 2.75) is 38.5 Å². The Morgan fingerprint density at radius 1 is 1.42 bits per heavy atom. The Morgan fingerprint density at radius 2 is 2.11 bits per heavy atom. The molecule has 1 atom stereocenters. The highest BCUT2D eigenvalue weighted by Gasteiger charge is 2.35. The van der Waals surface area contributed by atoms with Crippen LogP contribution in [0.15, 0.2) is 18.2 Å². The minimum absolute atomic E-state index is 0.0716. The summed E-state index contributed by atoms with van der Waals surface area (Å²) in [7, 11) is 1.64. The van der Waals surface area contributed by atoms with Crippen LogP contribution in [0.25, 0.3) is 0 Å². The summed E-state index contributed by atoms with van der Waals surface area (Å²) >= 11 is 0. The van der Waals surface area contributed by atoms with Crippen molar-refractivity contribution in [2.24, 2.45) is 5.92 Å². The fourth-order valence-electron chi connectivity index (χ4n) is 2.29. The second-order valence-corrected chi connectivity index (χ2v) is 5.39. The number of ketones is 1. The van der Waals surface area contributed by atoms with Gasteiger partial charge in [0.25, 0.3) is 0 Å². The molecule has 100 valence electrons. The fraction of sp³-hybridized carbons (Fsp3) is 0.500. The van der Waals surface area contributed by atoms with Gasteiger partial charge in [0, 0.05) is 5.92 Å². The van der Waals surface area contributed by atoms with E-state index in [4.69, 9.17) is 4.74 Å². The van der Waals surface area contributed by atoms with Crippen LogP contribution in [0.5, 0.6) is 5.75 Å². The van der Waals surface area contributed by atoms with Gasteiger partial charge in [-0.05, 0) is 36.0 Å². The third-order valence-corrected chi connectivity index (χ3v) is 3.60. The molecule has 1 saturated carbocycles. The average molecular weight is 257 g/mol. The maximum Gasteiger partial charge on any atom is 0.157 e. The quantitative estimate of drug-likeness (QED) is 0.812. The summed E-state index contributed by atoms with van der Waals surface area (Å²) in [5, 5.41) is 9.28. The van der Waals surface area contributed by atoms with Crippen LogP contribution >= 0.6 is 0 Å². The number of methoxy groups -OCH3 is 1. The molecule has 0 radical (unpaired) electrons. The van der Waals surface area contributed by atoms with Gasteiger partial charge in [0.1, 0.15) is 11.7 Å². The lowest BCUT2D eigenvalue weighted by molar-refractivity contribution is -0.120. The standard InChI is InChI=1S/C16H19NO2/c1-10(2)13-8-12(6-7-15(13)19-3)14(9-17)16(18)11-4-5-11/h6-8,10-11,14H,4-5H2,1-3H3. The Hall–Kier alpha value is -1.82. The van der Waals surface area contributed by atoms with Crippen LogP contribution in [0.4, 0.5) is 0 Å². The van der Waals surface area contributed by atoms with Crippen LogP contribution in [-0.4, -0.2) is 12.9 Å². The maximum atomic E-state index is 12.1. The minimum Gasteiger partial charge on any atom is -0.496 e. The van der Waals surface area contributed by atoms with Gasteiger partial charge in [0.15, 0.2) is 5.78 Å². The number of benzene rings is 1. The van der Waals surface area contributed by atoms with Crippen LogP contribution in [0.2, 0.25) is 0 Å². The molecule has 0 spiro atoms. The number of hydrogen-bond acceptors (Lipinski definition) is 3. The molecular weight excluding hydrogens is 238 g/mol. The average Bonchev–Trinajstić information content (AvgIpc) is 3.23. The molecule has 1 aromatic carbocycles. The second kappa shape index (κ2) is 5.44. The van der Waals surface area contributed by atoms with E-state index in [1.54, 1.807) is 7.11 Å². The first-order valence-corrected chi connectivity index (χ1v) is 6.69. The van der Waals surface area contributed by atoms with Gasteiger partial charge in [-0.1, -0.05) is 26.0 Å². The van der Waals surface area contributed by atoms with Gasteiger partial charge in [0.05, 0.1) is 13.2 Å². The summed E-state index contributed by atoms with van der Waals surface area (Å²) < 4.78 is 5.33. The van der Waals surface area contributed by atoms with E-state index in [9.17, 15) is 10.1 Å². The van der Waals surface area contributed by atoms with E-state index in [1.165, 1.54) is 0 Å².